The van der Waals surface area contributed by atoms with Crippen LogP contribution in [0.4, 0.5) is 10.1 Å². The number of amides is 1. The van der Waals surface area contributed by atoms with Crippen molar-refractivity contribution in [1.29, 1.82) is 0 Å². The zero-order valence-corrected chi connectivity index (χ0v) is 15.3. The van der Waals surface area contributed by atoms with Crippen LogP contribution in [0.1, 0.15) is 44.1 Å². The van der Waals surface area contributed by atoms with Crippen LogP contribution in [-0.2, 0) is 4.79 Å². The number of aryl methyl sites for hydroxylation is 1. The van der Waals surface area contributed by atoms with Gasteiger partial charge in [0.25, 0.3) is 0 Å². The summed E-state index contributed by atoms with van der Waals surface area (Å²) in [4.78, 5) is 16.6. The number of carbonyl (C=O) groups is 1. The number of rotatable bonds is 4. The summed E-state index contributed by atoms with van der Waals surface area (Å²) in [6.07, 6.45) is 7.28. The molecule has 1 aromatic rings. The Morgan fingerprint density at radius 1 is 1.12 bits per heavy atom. The molecule has 2 aliphatic rings. The van der Waals surface area contributed by atoms with E-state index in [2.05, 4.69) is 15.1 Å². The van der Waals surface area contributed by atoms with Crippen molar-refractivity contribution in [3.8, 4) is 0 Å². The summed E-state index contributed by atoms with van der Waals surface area (Å²) >= 11 is 0. The Morgan fingerprint density at radius 3 is 2.48 bits per heavy atom. The number of nitrogens with one attached hydrogen (secondary N) is 1. The van der Waals surface area contributed by atoms with Crippen molar-refractivity contribution < 1.29 is 9.18 Å². The van der Waals surface area contributed by atoms with E-state index in [4.69, 9.17) is 0 Å². The number of hydrogen-bond acceptors (Lipinski definition) is 3. The highest BCUT2D eigenvalue weighted by Crippen LogP contribution is 2.23. The van der Waals surface area contributed by atoms with Crippen molar-refractivity contribution in [3.05, 3.63) is 29.6 Å². The first-order valence-electron chi connectivity index (χ1n) is 9.65. The Hall–Kier alpha value is -1.62. The highest BCUT2D eigenvalue weighted by Gasteiger charge is 2.22. The fourth-order valence-corrected chi connectivity index (χ4v) is 3.92. The van der Waals surface area contributed by atoms with Crippen molar-refractivity contribution in [3.63, 3.8) is 0 Å². The second-order valence-electron chi connectivity index (χ2n) is 7.43. The quantitative estimate of drug-likeness (QED) is 0.850. The first kappa shape index (κ1) is 18.2. The molecule has 0 aromatic heterocycles. The predicted octanol–water partition coefficient (Wildman–Crippen LogP) is 3.10. The zero-order chi connectivity index (χ0) is 17.6. The average molecular weight is 347 g/mol. The lowest BCUT2D eigenvalue weighted by Crippen LogP contribution is -2.50. The van der Waals surface area contributed by atoms with Gasteiger partial charge in [-0.1, -0.05) is 37.8 Å². The molecule has 0 atom stereocenters. The fraction of sp³-hybridized carbons (Fsp3) is 0.650. The van der Waals surface area contributed by atoms with Gasteiger partial charge >= 0.3 is 0 Å². The number of benzene rings is 1. The number of anilines is 1. The van der Waals surface area contributed by atoms with E-state index in [1.807, 2.05) is 12.1 Å². The fourth-order valence-electron chi connectivity index (χ4n) is 3.92. The van der Waals surface area contributed by atoms with E-state index >= 15 is 0 Å². The third-order valence-corrected chi connectivity index (χ3v) is 5.47. The minimum Gasteiger partial charge on any atom is -0.367 e. The minimum absolute atomic E-state index is 0.123. The standard InChI is InChI=1S/C20H30FN3O/c1-16-7-6-10-18(20(16)21)24-13-11-23(12-14-24)15-19(25)22-17-8-4-2-3-5-9-17/h6-7,10,17H,2-5,8-9,11-15H2,1H3,(H,22,25). The van der Waals surface area contributed by atoms with Crippen LogP contribution < -0.4 is 10.2 Å². The molecule has 5 heteroatoms. The average Bonchev–Trinajstić information content (AvgIpc) is 2.87. The molecule has 1 N–H and O–H groups in total. The van der Waals surface area contributed by atoms with Crippen LogP contribution in [-0.4, -0.2) is 49.6 Å². The van der Waals surface area contributed by atoms with Gasteiger partial charge in [0.05, 0.1) is 12.2 Å². The van der Waals surface area contributed by atoms with Gasteiger partial charge in [-0.2, -0.15) is 0 Å². The van der Waals surface area contributed by atoms with Crippen molar-refractivity contribution >= 4 is 11.6 Å². The summed E-state index contributed by atoms with van der Waals surface area (Å²) in [7, 11) is 0. The third-order valence-electron chi connectivity index (χ3n) is 5.47. The summed E-state index contributed by atoms with van der Waals surface area (Å²) in [5.41, 5.74) is 1.37. The molecular weight excluding hydrogens is 317 g/mol. The number of hydrogen-bond donors (Lipinski definition) is 1. The van der Waals surface area contributed by atoms with Crippen LogP contribution in [0.25, 0.3) is 0 Å². The molecule has 3 rings (SSSR count). The lowest BCUT2D eigenvalue weighted by molar-refractivity contribution is -0.123. The van der Waals surface area contributed by atoms with Crippen LogP contribution in [0.5, 0.6) is 0 Å². The van der Waals surface area contributed by atoms with E-state index in [1.54, 1.807) is 13.0 Å². The lowest BCUT2D eigenvalue weighted by atomic mass is 10.1. The highest BCUT2D eigenvalue weighted by molar-refractivity contribution is 5.78. The van der Waals surface area contributed by atoms with Gasteiger partial charge < -0.3 is 10.2 Å². The Labute approximate surface area is 150 Å². The van der Waals surface area contributed by atoms with Gasteiger partial charge in [0, 0.05) is 32.2 Å². The van der Waals surface area contributed by atoms with Crippen molar-refractivity contribution in [2.75, 3.05) is 37.6 Å². The number of nitrogens with zero attached hydrogens (tertiary/aromatic N) is 2. The van der Waals surface area contributed by atoms with Crippen LogP contribution in [0, 0.1) is 12.7 Å². The molecule has 1 amide bonds. The maximum absolute atomic E-state index is 14.3. The molecule has 1 saturated heterocycles. The topological polar surface area (TPSA) is 35.6 Å². The Bertz CT molecular complexity index is 576. The highest BCUT2D eigenvalue weighted by atomic mass is 19.1. The molecule has 2 fully saturated rings. The first-order chi connectivity index (χ1) is 12.1. The van der Waals surface area contributed by atoms with E-state index in [0.717, 1.165) is 39.0 Å². The Kier molecular flexibility index (Phi) is 6.29. The normalized spacial score (nSPS) is 20.3. The summed E-state index contributed by atoms with van der Waals surface area (Å²) in [6.45, 7) is 5.37. The molecule has 0 bridgehead atoms. The van der Waals surface area contributed by atoms with Crippen LogP contribution in [0.3, 0.4) is 0 Å². The first-order valence-corrected chi connectivity index (χ1v) is 9.65. The lowest BCUT2D eigenvalue weighted by Gasteiger charge is -2.36. The summed E-state index contributed by atoms with van der Waals surface area (Å²) < 4.78 is 14.3. The van der Waals surface area contributed by atoms with Crippen LogP contribution in [0.15, 0.2) is 18.2 Å². The second-order valence-corrected chi connectivity index (χ2v) is 7.43. The monoisotopic (exact) mass is 347 g/mol. The van der Waals surface area contributed by atoms with E-state index in [0.29, 0.717) is 23.8 Å². The summed E-state index contributed by atoms with van der Waals surface area (Å²) in [6, 6.07) is 5.90. The molecule has 0 unspecified atom stereocenters. The van der Waals surface area contributed by atoms with Crippen molar-refractivity contribution in [1.82, 2.24) is 10.2 Å². The number of halogens is 1. The maximum atomic E-state index is 14.3. The molecule has 1 aliphatic carbocycles. The molecule has 1 aliphatic heterocycles. The van der Waals surface area contributed by atoms with E-state index in [1.165, 1.54) is 25.7 Å². The van der Waals surface area contributed by atoms with E-state index < -0.39 is 0 Å². The molecule has 4 nitrogen and oxygen atoms in total. The third kappa shape index (κ3) is 4.94. The van der Waals surface area contributed by atoms with Gasteiger partial charge in [-0.05, 0) is 31.4 Å². The van der Waals surface area contributed by atoms with Gasteiger partial charge in [0.15, 0.2) is 0 Å². The van der Waals surface area contributed by atoms with Gasteiger partial charge in [-0.25, -0.2) is 4.39 Å². The Morgan fingerprint density at radius 2 is 1.80 bits per heavy atom. The maximum Gasteiger partial charge on any atom is 0.234 e. The largest absolute Gasteiger partial charge is 0.367 e. The van der Waals surface area contributed by atoms with Gasteiger partial charge in [0.2, 0.25) is 5.91 Å². The van der Waals surface area contributed by atoms with Crippen LogP contribution in [0.2, 0.25) is 0 Å². The summed E-state index contributed by atoms with van der Waals surface area (Å²) in [5.74, 6) is 0.0177. The minimum atomic E-state index is -0.123. The molecule has 1 saturated carbocycles. The van der Waals surface area contributed by atoms with Gasteiger partial charge in [-0.15, -0.1) is 0 Å². The molecular formula is C20H30FN3O. The van der Waals surface area contributed by atoms with Crippen LogP contribution >= 0.6 is 0 Å². The molecule has 0 spiro atoms. The number of carbonyl (C=O) groups excluding carboxylic acids is 1. The number of piperazine rings is 1. The molecule has 25 heavy (non-hydrogen) atoms. The molecule has 138 valence electrons. The van der Waals surface area contributed by atoms with Gasteiger partial charge in [-0.3, -0.25) is 9.69 Å². The van der Waals surface area contributed by atoms with Crippen molar-refractivity contribution in [2.24, 2.45) is 0 Å². The van der Waals surface area contributed by atoms with E-state index in [9.17, 15) is 9.18 Å². The Balaban J connectivity index is 1.45. The molecule has 0 radical (unpaired) electrons. The molecule has 1 heterocycles. The smallest absolute Gasteiger partial charge is 0.234 e. The molecule has 1 aromatic carbocycles. The summed E-state index contributed by atoms with van der Waals surface area (Å²) in [5, 5.41) is 3.21. The zero-order valence-electron chi connectivity index (χ0n) is 15.3. The predicted molar refractivity (Wildman–Crippen MR) is 99.4 cm³/mol. The SMILES string of the molecule is Cc1cccc(N2CCN(CC(=O)NC3CCCCCC3)CC2)c1F. The second kappa shape index (κ2) is 8.65. The van der Waals surface area contributed by atoms with Crippen molar-refractivity contribution in [2.45, 2.75) is 51.5 Å². The van der Waals surface area contributed by atoms with E-state index in [-0.39, 0.29) is 11.7 Å². The van der Waals surface area contributed by atoms with Gasteiger partial charge in [0.1, 0.15) is 5.82 Å².